The van der Waals surface area contributed by atoms with E-state index in [4.69, 9.17) is 4.74 Å². The summed E-state index contributed by atoms with van der Waals surface area (Å²) in [5.41, 5.74) is 3.46. The minimum Gasteiger partial charge on any atom is -0.497 e. The first-order valence-corrected chi connectivity index (χ1v) is 10.7. The van der Waals surface area contributed by atoms with E-state index in [0.717, 1.165) is 22.2 Å². The fourth-order valence-corrected chi connectivity index (χ4v) is 3.95. The van der Waals surface area contributed by atoms with Crippen LogP contribution in [0.25, 0.3) is 6.08 Å². The van der Waals surface area contributed by atoms with E-state index in [9.17, 15) is 4.79 Å². The molecule has 0 saturated heterocycles. The molecule has 1 N–H and O–H groups in total. The number of rotatable bonds is 8. The first-order valence-electron chi connectivity index (χ1n) is 9.67. The molecule has 0 bridgehead atoms. The lowest BCUT2D eigenvalue weighted by atomic mass is 10.1. The van der Waals surface area contributed by atoms with Gasteiger partial charge in [-0.1, -0.05) is 48.2 Å². The molecule has 1 aromatic heterocycles. The molecule has 1 atom stereocenters. The first kappa shape index (κ1) is 21.6. The highest BCUT2D eigenvalue weighted by Gasteiger charge is 2.17. The number of ether oxygens (including phenoxy) is 1. The molecule has 3 aromatic rings. The zero-order chi connectivity index (χ0) is 21.5. The molecule has 3 rings (SSSR count). The Kier molecular flexibility index (Phi) is 7.30. The van der Waals surface area contributed by atoms with Gasteiger partial charge in [0, 0.05) is 18.9 Å². The van der Waals surface area contributed by atoms with Crippen LogP contribution >= 0.6 is 11.8 Å². The van der Waals surface area contributed by atoms with Gasteiger partial charge in [0.25, 0.3) is 0 Å². The lowest BCUT2D eigenvalue weighted by Gasteiger charge is -2.12. The summed E-state index contributed by atoms with van der Waals surface area (Å²) in [6.07, 6.45) is 3.28. The molecule has 0 aliphatic rings. The van der Waals surface area contributed by atoms with E-state index in [0.29, 0.717) is 5.82 Å². The van der Waals surface area contributed by atoms with Gasteiger partial charge in [0.1, 0.15) is 5.75 Å². The zero-order valence-electron chi connectivity index (χ0n) is 17.6. The number of benzene rings is 2. The molecular weight excluding hydrogens is 396 g/mol. The Balaban J connectivity index is 1.58. The van der Waals surface area contributed by atoms with Gasteiger partial charge >= 0.3 is 0 Å². The lowest BCUT2D eigenvalue weighted by Crippen LogP contribution is -2.26. The standard InChI is InChI=1S/C23H26N4O2S/c1-16-7-5-6-8-19(16)15-30-23-26-25-22(27(23)3)17(2)24-21(28)14-11-18-9-12-20(29-4)13-10-18/h5-14,17H,15H2,1-4H3,(H,24,28)/b14-11+. The molecule has 30 heavy (non-hydrogen) atoms. The largest absolute Gasteiger partial charge is 0.497 e. The number of hydrogen-bond donors (Lipinski definition) is 1. The lowest BCUT2D eigenvalue weighted by molar-refractivity contribution is -0.117. The molecule has 0 radical (unpaired) electrons. The monoisotopic (exact) mass is 422 g/mol. The van der Waals surface area contributed by atoms with E-state index in [1.54, 1.807) is 24.9 Å². The second-order valence-corrected chi connectivity index (χ2v) is 7.89. The van der Waals surface area contributed by atoms with E-state index in [-0.39, 0.29) is 11.9 Å². The smallest absolute Gasteiger partial charge is 0.244 e. The quantitative estimate of drug-likeness (QED) is 0.433. The van der Waals surface area contributed by atoms with Crippen LogP contribution in [0.4, 0.5) is 0 Å². The zero-order valence-corrected chi connectivity index (χ0v) is 18.4. The molecule has 1 heterocycles. The third-order valence-electron chi connectivity index (χ3n) is 4.78. The predicted octanol–water partition coefficient (Wildman–Crippen LogP) is 4.32. The number of carbonyl (C=O) groups is 1. The van der Waals surface area contributed by atoms with Crippen LogP contribution in [-0.2, 0) is 17.6 Å². The van der Waals surface area contributed by atoms with Gasteiger partial charge in [-0.15, -0.1) is 10.2 Å². The normalized spacial score (nSPS) is 12.1. The topological polar surface area (TPSA) is 69.0 Å². The highest BCUT2D eigenvalue weighted by atomic mass is 32.2. The molecule has 2 aromatic carbocycles. The van der Waals surface area contributed by atoms with Crippen molar-refractivity contribution >= 4 is 23.7 Å². The second-order valence-electron chi connectivity index (χ2n) is 6.95. The van der Waals surface area contributed by atoms with Crippen molar-refractivity contribution in [3.8, 4) is 5.75 Å². The maximum Gasteiger partial charge on any atom is 0.244 e. The molecular formula is C23H26N4O2S. The molecule has 0 aliphatic carbocycles. The van der Waals surface area contributed by atoms with Crippen LogP contribution < -0.4 is 10.1 Å². The fraction of sp³-hybridized carbons (Fsp3) is 0.261. The summed E-state index contributed by atoms with van der Waals surface area (Å²) in [5.74, 6) is 2.14. The number of nitrogens with one attached hydrogen (secondary N) is 1. The van der Waals surface area contributed by atoms with Gasteiger partial charge in [-0.2, -0.15) is 0 Å². The first-order chi connectivity index (χ1) is 14.5. The maximum absolute atomic E-state index is 12.3. The van der Waals surface area contributed by atoms with Gasteiger partial charge in [-0.3, -0.25) is 4.79 Å². The summed E-state index contributed by atoms with van der Waals surface area (Å²) in [6, 6.07) is 15.6. The minimum absolute atomic E-state index is 0.185. The van der Waals surface area contributed by atoms with Crippen LogP contribution in [-0.4, -0.2) is 27.8 Å². The van der Waals surface area contributed by atoms with Gasteiger partial charge in [-0.25, -0.2) is 0 Å². The van der Waals surface area contributed by atoms with Crippen LogP contribution in [0, 0.1) is 6.92 Å². The Hall–Kier alpha value is -3.06. The SMILES string of the molecule is COc1ccc(/C=C/C(=O)NC(C)c2nnc(SCc3ccccc3C)n2C)cc1. The van der Waals surface area contributed by atoms with Crippen LogP contribution in [0.3, 0.4) is 0 Å². The second kappa shape index (κ2) is 10.1. The predicted molar refractivity (Wildman–Crippen MR) is 120 cm³/mol. The van der Waals surface area contributed by atoms with Gasteiger partial charge in [-0.05, 0) is 48.7 Å². The molecule has 7 heteroatoms. The summed E-state index contributed by atoms with van der Waals surface area (Å²) in [4.78, 5) is 12.3. The van der Waals surface area contributed by atoms with E-state index in [1.165, 1.54) is 17.2 Å². The molecule has 1 amide bonds. The summed E-state index contributed by atoms with van der Waals surface area (Å²) in [7, 11) is 3.55. The molecule has 6 nitrogen and oxygen atoms in total. The number of hydrogen-bond acceptors (Lipinski definition) is 5. The highest BCUT2D eigenvalue weighted by Crippen LogP contribution is 2.24. The molecule has 0 aliphatic heterocycles. The molecule has 0 spiro atoms. The van der Waals surface area contributed by atoms with Crippen LogP contribution in [0.15, 0.2) is 59.8 Å². The van der Waals surface area contributed by atoms with Crippen molar-refractivity contribution in [1.29, 1.82) is 0 Å². The Morgan fingerprint density at radius 2 is 1.93 bits per heavy atom. The third-order valence-corrected chi connectivity index (χ3v) is 5.84. The Labute approximate surface area is 181 Å². The Morgan fingerprint density at radius 3 is 2.63 bits per heavy atom. The Bertz CT molecular complexity index is 1030. The molecule has 0 saturated carbocycles. The van der Waals surface area contributed by atoms with Gasteiger partial charge in [0.2, 0.25) is 5.91 Å². The number of thioether (sulfide) groups is 1. The maximum atomic E-state index is 12.3. The van der Waals surface area contributed by atoms with Gasteiger partial charge in [0.15, 0.2) is 11.0 Å². The van der Waals surface area contributed by atoms with Crippen LogP contribution in [0.1, 0.15) is 35.5 Å². The van der Waals surface area contributed by atoms with E-state index in [2.05, 4.69) is 34.6 Å². The van der Waals surface area contributed by atoms with Crippen LogP contribution in [0.2, 0.25) is 0 Å². The summed E-state index contributed by atoms with van der Waals surface area (Å²) < 4.78 is 7.07. The van der Waals surface area contributed by atoms with Gasteiger partial charge < -0.3 is 14.6 Å². The number of aromatic nitrogens is 3. The number of nitrogens with zero attached hydrogens (tertiary/aromatic N) is 3. The highest BCUT2D eigenvalue weighted by molar-refractivity contribution is 7.98. The summed E-state index contributed by atoms with van der Waals surface area (Å²) >= 11 is 1.63. The minimum atomic E-state index is -0.261. The fourth-order valence-electron chi connectivity index (χ4n) is 2.96. The third kappa shape index (κ3) is 5.51. The molecule has 156 valence electrons. The van der Waals surface area contributed by atoms with Crippen molar-refractivity contribution in [3.05, 3.63) is 77.1 Å². The van der Waals surface area contributed by atoms with Crippen LogP contribution in [0.5, 0.6) is 5.75 Å². The van der Waals surface area contributed by atoms with Crippen molar-refractivity contribution in [1.82, 2.24) is 20.1 Å². The number of carbonyl (C=O) groups excluding carboxylic acids is 1. The molecule has 1 unspecified atom stereocenters. The van der Waals surface area contributed by atoms with E-state index < -0.39 is 0 Å². The number of aryl methyl sites for hydroxylation is 1. The van der Waals surface area contributed by atoms with E-state index in [1.807, 2.05) is 54.9 Å². The van der Waals surface area contributed by atoms with Crippen molar-refractivity contribution in [2.24, 2.45) is 7.05 Å². The van der Waals surface area contributed by atoms with Crippen molar-refractivity contribution in [3.63, 3.8) is 0 Å². The number of amides is 1. The van der Waals surface area contributed by atoms with Gasteiger partial charge in [0.05, 0.1) is 13.2 Å². The average Bonchev–Trinajstić information content (AvgIpc) is 3.12. The van der Waals surface area contributed by atoms with E-state index >= 15 is 0 Å². The van der Waals surface area contributed by atoms with Crippen molar-refractivity contribution in [2.75, 3.05) is 7.11 Å². The molecule has 0 fully saturated rings. The Morgan fingerprint density at radius 1 is 1.20 bits per heavy atom. The summed E-state index contributed by atoms with van der Waals surface area (Å²) in [6.45, 7) is 4.01. The van der Waals surface area contributed by atoms with Crippen molar-refractivity contribution < 1.29 is 9.53 Å². The number of methoxy groups -OCH3 is 1. The summed E-state index contributed by atoms with van der Waals surface area (Å²) in [5, 5.41) is 12.3. The average molecular weight is 423 g/mol. The van der Waals surface area contributed by atoms with Crippen molar-refractivity contribution in [2.45, 2.75) is 30.8 Å².